The van der Waals surface area contributed by atoms with E-state index in [9.17, 15) is 14.5 Å². The summed E-state index contributed by atoms with van der Waals surface area (Å²) >= 11 is 18.2. The highest BCUT2D eigenvalue weighted by molar-refractivity contribution is 6.42. The lowest BCUT2D eigenvalue weighted by atomic mass is 9.95. The fraction of sp³-hybridized carbons (Fsp3) is 0.333. The number of nitrogens with zero attached hydrogens (tertiary/aromatic N) is 2. The van der Waals surface area contributed by atoms with Crippen LogP contribution in [-0.4, -0.2) is 28.8 Å². The van der Waals surface area contributed by atoms with Gasteiger partial charge >= 0.3 is 0 Å². The molecule has 1 fully saturated rings. The van der Waals surface area contributed by atoms with Crippen molar-refractivity contribution in [2.45, 2.75) is 38.1 Å². The smallest absolute Gasteiger partial charge is 0.276 e. The minimum absolute atomic E-state index is 0.0483. The number of amides is 2. The Balaban J connectivity index is 1.70. The van der Waals surface area contributed by atoms with E-state index in [0.717, 1.165) is 10.6 Å². The second kappa shape index (κ2) is 9.42. The van der Waals surface area contributed by atoms with Gasteiger partial charge in [-0.3, -0.25) is 15.0 Å². The third kappa shape index (κ3) is 4.79. The Morgan fingerprint density at radius 1 is 1.23 bits per heavy atom. The van der Waals surface area contributed by atoms with Crippen molar-refractivity contribution in [3.63, 3.8) is 0 Å². The van der Waals surface area contributed by atoms with Crippen LogP contribution in [0.1, 0.15) is 42.5 Å². The van der Waals surface area contributed by atoms with E-state index in [-0.39, 0.29) is 12.5 Å². The topological polar surface area (TPSA) is 88.1 Å². The molecule has 0 saturated carbocycles. The molecule has 2 amide bonds. The van der Waals surface area contributed by atoms with Crippen molar-refractivity contribution in [2.75, 3.05) is 6.61 Å². The highest BCUT2D eigenvalue weighted by Crippen LogP contribution is 2.39. The average Bonchev–Trinajstić information content (AvgIpc) is 2.73. The van der Waals surface area contributed by atoms with E-state index < -0.39 is 23.2 Å². The van der Waals surface area contributed by atoms with Crippen molar-refractivity contribution < 1.29 is 14.3 Å². The van der Waals surface area contributed by atoms with Crippen LogP contribution in [0.4, 0.5) is 5.69 Å². The van der Waals surface area contributed by atoms with Gasteiger partial charge in [0.1, 0.15) is 22.9 Å². The third-order valence-corrected chi connectivity index (χ3v) is 6.13. The Morgan fingerprint density at radius 3 is 2.55 bits per heavy atom. The second-order valence-corrected chi connectivity index (χ2v) is 8.76. The van der Waals surface area contributed by atoms with Gasteiger partial charge in [0.05, 0.1) is 10.0 Å². The lowest BCUT2D eigenvalue weighted by Crippen LogP contribution is -2.63. The molecule has 1 saturated heterocycles. The van der Waals surface area contributed by atoms with Crippen molar-refractivity contribution in [3.8, 4) is 5.75 Å². The quantitative estimate of drug-likeness (QED) is 0.323. The zero-order valence-electron chi connectivity index (χ0n) is 17.0. The average molecular weight is 485 g/mol. The van der Waals surface area contributed by atoms with Crippen LogP contribution in [0.5, 0.6) is 5.75 Å². The van der Waals surface area contributed by atoms with Crippen molar-refractivity contribution in [1.82, 2.24) is 10.4 Å². The first-order valence-corrected chi connectivity index (χ1v) is 10.7. The fourth-order valence-electron chi connectivity index (χ4n) is 3.26. The maximum absolute atomic E-state index is 12.5. The van der Waals surface area contributed by atoms with Crippen molar-refractivity contribution in [1.29, 1.82) is 0 Å². The first kappa shape index (κ1) is 23.3. The van der Waals surface area contributed by atoms with Crippen LogP contribution in [0.25, 0.3) is 0 Å². The minimum atomic E-state index is -0.836. The number of hydrogen-bond donors (Lipinski definition) is 1. The van der Waals surface area contributed by atoms with E-state index in [2.05, 4.69) is 10.6 Å². The van der Waals surface area contributed by atoms with Crippen LogP contribution in [0.3, 0.4) is 0 Å². The number of ether oxygens (including phenoxy) is 1. The van der Waals surface area contributed by atoms with Crippen molar-refractivity contribution >= 4 is 52.3 Å². The SMILES string of the molecule is Cc1cc(OCC(=O)NN2C(=O)C(Cl)C2c2ccc(Cl)c(Cl)c2)c(C(C)C)cc1N=O. The molecule has 0 radical (unpaired) electrons. The molecule has 1 aliphatic rings. The van der Waals surface area contributed by atoms with Crippen LogP contribution in [0.2, 0.25) is 10.0 Å². The maximum atomic E-state index is 12.5. The van der Waals surface area contributed by atoms with Crippen LogP contribution in [0.15, 0.2) is 35.5 Å². The number of alkyl halides is 1. The molecule has 0 aromatic heterocycles. The normalized spacial score (nSPS) is 18.0. The molecule has 3 rings (SSSR count). The lowest BCUT2D eigenvalue weighted by Gasteiger charge is -2.43. The molecule has 2 aromatic rings. The molecule has 1 aliphatic heterocycles. The Kier molecular flexibility index (Phi) is 7.09. The van der Waals surface area contributed by atoms with E-state index >= 15 is 0 Å². The number of nitrogens with one attached hydrogen (secondary N) is 1. The van der Waals surface area contributed by atoms with Gasteiger partial charge in [0.25, 0.3) is 11.8 Å². The number of hydrazine groups is 1. The van der Waals surface area contributed by atoms with Crippen molar-refractivity contribution in [2.24, 2.45) is 5.18 Å². The molecule has 10 heteroatoms. The predicted octanol–water partition coefficient (Wildman–Crippen LogP) is 5.42. The maximum Gasteiger partial charge on any atom is 0.276 e. The van der Waals surface area contributed by atoms with Crippen LogP contribution in [0, 0.1) is 11.8 Å². The number of benzene rings is 2. The number of hydrogen-bond acceptors (Lipinski definition) is 5. The fourth-order valence-corrected chi connectivity index (χ4v) is 3.93. The summed E-state index contributed by atoms with van der Waals surface area (Å²) in [4.78, 5) is 35.6. The number of nitroso groups, excluding NO2 is 1. The first-order valence-electron chi connectivity index (χ1n) is 9.46. The highest BCUT2D eigenvalue weighted by Gasteiger charge is 2.48. The minimum Gasteiger partial charge on any atom is -0.483 e. The second-order valence-electron chi connectivity index (χ2n) is 7.47. The number of carbonyl (C=O) groups is 2. The van der Waals surface area contributed by atoms with Crippen LogP contribution < -0.4 is 10.2 Å². The van der Waals surface area contributed by atoms with Gasteiger partial charge in [-0.1, -0.05) is 43.1 Å². The Hall–Kier alpha value is -2.35. The summed E-state index contributed by atoms with van der Waals surface area (Å²) in [6.07, 6.45) is 0. The summed E-state index contributed by atoms with van der Waals surface area (Å²) in [6.45, 7) is 5.27. The molecule has 0 aliphatic carbocycles. The largest absolute Gasteiger partial charge is 0.483 e. The Labute approximate surface area is 194 Å². The van der Waals surface area contributed by atoms with Gasteiger partial charge in [-0.2, -0.15) is 0 Å². The standard InChI is InChI=1S/C21H20Cl3N3O4/c1-10(2)13-8-16(26-30)11(3)6-17(13)31-9-18(28)25-27-20(19(24)21(27)29)12-4-5-14(22)15(23)7-12/h4-8,10,19-20H,9H2,1-3H3,(H,25,28). The van der Waals surface area contributed by atoms with E-state index in [1.807, 2.05) is 13.8 Å². The molecule has 2 atom stereocenters. The zero-order chi connectivity index (χ0) is 22.9. The first-order chi connectivity index (χ1) is 14.6. The molecule has 0 spiro atoms. The lowest BCUT2D eigenvalue weighted by molar-refractivity contribution is -0.157. The number of halogens is 3. The monoisotopic (exact) mass is 483 g/mol. The molecule has 7 nitrogen and oxygen atoms in total. The molecule has 164 valence electrons. The predicted molar refractivity (Wildman–Crippen MR) is 120 cm³/mol. The van der Waals surface area contributed by atoms with E-state index in [4.69, 9.17) is 39.5 Å². The van der Waals surface area contributed by atoms with Gasteiger partial charge in [0, 0.05) is 0 Å². The van der Waals surface area contributed by atoms with E-state index in [0.29, 0.717) is 32.6 Å². The zero-order valence-corrected chi connectivity index (χ0v) is 19.3. The molecule has 0 bridgehead atoms. The number of β-lactam (4-membered cyclic amide) rings is 1. The summed E-state index contributed by atoms with van der Waals surface area (Å²) in [7, 11) is 0. The molecular weight excluding hydrogens is 465 g/mol. The summed E-state index contributed by atoms with van der Waals surface area (Å²) in [5.41, 5.74) is 4.88. The summed E-state index contributed by atoms with van der Waals surface area (Å²) in [5, 5.41) is 4.02. The summed E-state index contributed by atoms with van der Waals surface area (Å²) < 4.78 is 5.68. The molecule has 2 aromatic carbocycles. The highest BCUT2D eigenvalue weighted by atomic mass is 35.5. The molecular formula is C21H20Cl3N3O4. The van der Waals surface area contributed by atoms with E-state index in [1.54, 1.807) is 37.3 Å². The molecule has 1 heterocycles. The van der Waals surface area contributed by atoms with Crippen LogP contribution >= 0.6 is 34.8 Å². The van der Waals surface area contributed by atoms with Gasteiger partial charge < -0.3 is 4.74 Å². The van der Waals surface area contributed by atoms with Gasteiger partial charge in [-0.05, 0) is 59.0 Å². The number of aryl methyl sites for hydroxylation is 1. The number of rotatable bonds is 7. The third-order valence-electron chi connectivity index (χ3n) is 4.97. The van der Waals surface area contributed by atoms with Gasteiger partial charge in [0.15, 0.2) is 6.61 Å². The van der Waals surface area contributed by atoms with Gasteiger partial charge in [0.2, 0.25) is 0 Å². The number of carbonyl (C=O) groups excluding carboxylic acids is 2. The Morgan fingerprint density at radius 2 is 1.94 bits per heavy atom. The van der Waals surface area contributed by atoms with Crippen LogP contribution in [-0.2, 0) is 9.59 Å². The summed E-state index contributed by atoms with van der Waals surface area (Å²) in [6, 6.07) is 7.63. The summed E-state index contributed by atoms with van der Waals surface area (Å²) in [5.74, 6) is -0.452. The van der Waals surface area contributed by atoms with Gasteiger partial charge in [-0.25, -0.2) is 5.01 Å². The van der Waals surface area contributed by atoms with Crippen molar-refractivity contribution in [3.05, 3.63) is 62.0 Å². The van der Waals surface area contributed by atoms with E-state index in [1.165, 1.54) is 0 Å². The molecule has 31 heavy (non-hydrogen) atoms. The molecule has 2 unspecified atom stereocenters. The molecule has 1 N–H and O–H groups in total. The van der Waals surface area contributed by atoms with Gasteiger partial charge in [-0.15, -0.1) is 16.5 Å². The Bertz CT molecular complexity index is 1040.